The molecule has 92 valence electrons. The first kappa shape index (κ1) is 13.0. The lowest BCUT2D eigenvalue weighted by Gasteiger charge is -2.22. The summed E-state index contributed by atoms with van der Waals surface area (Å²) in [5.74, 6) is 0.109. The fourth-order valence-electron chi connectivity index (χ4n) is 1.64. The van der Waals surface area contributed by atoms with Gasteiger partial charge in [0.1, 0.15) is 0 Å². The van der Waals surface area contributed by atoms with Crippen LogP contribution < -0.4 is 5.32 Å². The quantitative estimate of drug-likeness (QED) is 0.716. The van der Waals surface area contributed by atoms with E-state index in [1.165, 1.54) is 0 Å². The van der Waals surface area contributed by atoms with Gasteiger partial charge in [-0.3, -0.25) is 14.9 Å². The minimum atomic E-state index is -0.186. The van der Waals surface area contributed by atoms with Crippen LogP contribution in [0.5, 0.6) is 0 Å². The summed E-state index contributed by atoms with van der Waals surface area (Å²) in [7, 11) is 3.56. The van der Waals surface area contributed by atoms with Crippen LogP contribution >= 0.6 is 0 Å². The maximum Gasteiger partial charge on any atom is 0.239 e. The van der Waals surface area contributed by atoms with Gasteiger partial charge in [-0.05, 0) is 20.3 Å². The summed E-state index contributed by atoms with van der Waals surface area (Å²) in [4.78, 5) is 26.6. The fourth-order valence-corrected chi connectivity index (χ4v) is 1.64. The van der Waals surface area contributed by atoms with E-state index < -0.39 is 0 Å². The third-order valence-electron chi connectivity index (χ3n) is 3.10. The molecule has 0 radical (unpaired) electrons. The van der Waals surface area contributed by atoms with Gasteiger partial charge in [0.05, 0.1) is 12.6 Å². The van der Waals surface area contributed by atoms with Crippen molar-refractivity contribution in [2.45, 2.75) is 32.4 Å². The molecule has 0 aromatic rings. The Morgan fingerprint density at radius 3 is 2.69 bits per heavy atom. The molecule has 1 saturated heterocycles. The summed E-state index contributed by atoms with van der Waals surface area (Å²) < 4.78 is 0. The Bertz CT molecular complexity index is 278. The van der Waals surface area contributed by atoms with E-state index in [4.69, 9.17) is 0 Å². The summed E-state index contributed by atoms with van der Waals surface area (Å²) in [5.41, 5.74) is 0. The minimum absolute atomic E-state index is 0.0253. The molecule has 5 nitrogen and oxygen atoms in total. The van der Waals surface area contributed by atoms with Gasteiger partial charge in [-0.2, -0.15) is 0 Å². The first-order valence-corrected chi connectivity index (χ1v) is 5.67. The van der Waals surface area contributed by atoms with Crippen LogP contribution in [0.2, 0.25) is 0 Å². The normalized spacial score (nSPS) is 20.7. The number of nitrogens with zero attached hydrogens (tertiary/aromatic N) is 2. The maximum absolute atomic E-state index is 11.7. The van der Waals surface area contributed by atoms with E-state index in [1.54, 1.807) is 23.9 Å². The smallest absolute Gasteiger partial charge is 0.239 e. The zero-order valence-corrected chi connectivity index (χ0v) is 10.5. The van der Waals surface area contributed by atoms with Crippen LogP contribution in [0.15, 0.2) is 0 Å². The van der Waals surface area contributed by atoms with Crippen LogP contribution in [-0.2, 0) is 9.59 Å². The predicted octanol–water partition coefficient (Wildman–Crippen LogP) is -0.326. The summed E-state index contributed by atoms with van der Waals surface area (Å²) in [6, 6.07) is 0.00534. The minimum Gasteiger partial charge on any atom is -0.344 e. The lowest BCUT2D eigenvalue weighted by atomic mass is 10.2. The summed E-state index contributed by atoms with van der Waals surface area (Å²) in [6.07, 6.45) is 0.786. The zero-order valence-electron chi connectivity index (χ0n) is 10.5. The standard InChI is InChI=1S/C11H21N3O2/c1-8(2)14(4)10(15)7-12-9-5-6-13(3)11(9)16/h8-9,12H,5-7H2,1-4H3. The second-order valence-corrected chi connectivity index (χ2v) is 4.58. The molecule has 0 bridgehead atoms. The number of carbonyl (C=O) groups excluding carboxylic acids is 2. The Hall–Kier alpha value is -1.10. The van der Waals surface area contributed by atoms with Gasteiger partial charge < -0.3 is 9.80 Å². The van der Waals surface area contributed by atoms with Crippen molar-refractivity contribution in [2.24, 2.45) is 0 Å². The van der Waals surface area contributed by atoms with Gasteiger partial charge in [0.25, 0.3) is 0 Å². The van der Waals surface area contributed by atoms with Crippen molar-refractivity contribution in [1.82, 2.24) is 15.1 Å². The highest BCUT2D eigenvalue weighted by Crippen LogP contribution is 2.08. The SMILES string of the molecule is CC(C)N(C)C(=O)CNC1CCN(C)C1=O. The van der Waals surface area contributed by atoms with Gasteiger partial charge in [-0.25, -0.2) is 0 Å². The van der Waals surface area contributed by atoms with Crippen LogP contribution in [0, 0.1) is 0 Å². The van der Waals surface area contributed by atoms with Crippen molar-refractivity contribution in [3.05, 3.63) is 0 Å². The number of likely N-dealkylation sites (N-methyl/N-ethyl adjacent to an activating group) is 2. The molecule has 1 atom stereocenters. The summed E-state index contributed by atoms with van der Waals surface area (Å²) >= 11 is 0. The highest BCUT2D eigenvalue weighted by atomic mass is 16.2. The average Bonchev–Trinajstić information content (AvgIpc) is 2.55. The molecular formula is C11H21N3O2. The number of nitrogens with one attached hydrogen (secondary N) is 1. The second-order valence-electron chi connectivity index (χ2n) is 4.58. The highest BCUT2D eigenvalue weighted by molar-refractivity contribution is 5.85. The molecule has 1 rings (SSSR count). The number of rotatable bonds is 4. The van der Waals surface area contributed by atoms with Gasteiger partial charge in [0, 0.05) is 26.7 Å². The highest BCUT2D eigenvalue weighted by Gasteiger charge is 2.29. The topological polar surface area (TPSA) is 52.7 Å². The lowest BCUT2D eigenvalue weighted by molar-refractivity contribution is -0.131. The van der Waals surface area contributed by atoms with Crippen molar-refractivity contribution in [3.8, 4) is 0 Å². The van der Waals surface area contributed by atoms with Crippen molar-refractivity contribution in [1.29, 1.82) is 0 Å². The number of likely N-dealkylation sites (tertiary alicyclic amines) is 1. The summed E-state index contributed by atoms with van der Waals surface area (Å²) in [5, 5.41) is 3.01. The van der Waals surface area contributed by atoms with E-state index in [2.05, 4.69) is 5.32 Å². The van der Waals surface area contributed by atoms with Crippen LogP contribution in [0.4, 0.5) is 0 Å². The van der Waals surface area contributed by atoms with E-state index in [9.17, 15) is 9.59 Å². The molecule has 1 aliphatic rings. The molecule has 1 heterocycles. The number of hydrogen-bond donors (Lipinski definition) is 1. The van der Waals surface area contributed by atoms with E-state index in [0.29, 0.717) is 0 Å². The molecule has 1 unspecified atom stereocenters. The van der Waals surface area contributed by atoms with Crippen molar-refractivity contribution in [2.75, 3.05) is 27.2 Å². The van der Waals surface area contributed by atoms with E-state index in [0.717, 1.165) is 13.0 Å². The van der Waals surface area contributed by atoms with Crippen LogP contribution in [-0.4, -0.2) is 60.9 Å². The van der Waals surface area contributed by atoms with Crippen molar-refractivity contribution in [3.63, 3.8) is 0 Å². The van der Waals surface area contributed by atoms with Gasteiger partial charge in [0.15, 0.2) is 0 Å². The predicted molar refractivity (Wildman–Crippen MR) is 62.0 cm³/mol. The largest absolute Gasteiger partial charge is 0.344 e. The Balaban J connectivity index is 2.35. The van der Waals surface area contributed by atoms with Crippen LogP contribution in [0.1, 0.15) is 20.3 Å². The molecule has 1 N–H and O–H groups in total. The van der Waals surface area contributed by atoms with Gasteiger partial charge >= 0.3 is 0 Å². The second kappa shape index (κ2) is 5.30. The van der Waals surface area contributed by atoms with Crippen LogP contribution in [0.25, 0.3) is 0 Å². The number of amides is 2. The third kappa shape index (κ3) is 2.95. The average molecular weight is 227 g/mol. The molecule has 1 aliphatic heterocycles. The number of hydrogen-bond acceptors (Lipinski definition) is 3. The third-order valence-corrected chi connectivity index (χ3v) is 3.10. The molecule has 0 aromatic heterocycles. The zero-order chi connectivity index (χ0) is 12.3. The first-order valence-electron chi connectivity index (χ1n) is 5.67. The molecule has 2 amide bonds. The van der Waals surface area contributed by atoms with E-state index in [-0.39, 0.29) is 30.4 Å². The van der Waals surface area contributed by atoms with Gasteiger partial charge in [-0.15, -0.1) is 0 Å². The fraction of sp³-hybridized carbons (Fsp3) is 0.818. The molecule has 1 fully saturated rings. The van der Waals surface area contributed by atoms with Crippen LogP contribution in [0.3, 0.4) is 0 Å². The molecular weight excluding hydrogens is 206 g/mol. The van der Waals surface area contributed by atoms with Gasteiger partial charge in [0.2, 0.25) is 11.8 Å². The molecule has 0 saturated carbocycles. The van der Waals surface area contributed by atoms with E-state index >= 15 is 0 Å². The maximum atomic E-state index is 11.7. The molecule has 0 aromatic carbocycles. The van der Waals surface area contributed by atoms with Crippen molar-refractivity contribution >= 4 is 11.8 Å². The molecule has 0 spiro atoms. The molecule has 5 heteroatoms. The Labute approximate surface area is 96.8 Å². The van der Waals surface area contributed by atoms with Gasteiger partial charge in [-0.1, -0.05) is 0 Å². The van der Waals surface area contributed by atoms with Crippen molar-refractivity contribution < 1.29 is 9.59 Å². The Morgan fingerprint density at radius 2 is 2.25 bits per heavy atom. The Morgan fingerprint density at radius 1 is 1.62 bits per heavy atom. The molecule has 0 aliphatic carbocycles. The lowest BCUT2D eigenvalue weighted by Crippen LogP contribution is -2.45. The monoisotopic (exact) mass is 227 g/mol. The molecule has 16 heavy (non-hydrogen) atoms. The Kier molecular flexibility index (Phi) is 4.29. The summed E-state index contributed by atoms with van der Waals surface area (Å²) in [6.45, 7) is 4.93. The number of carbonyl (C=O) groups is 2. The van der Waals surface area contributed by atoms with E-state index in [1.807, 2.05) is 13.8 Å². The first-order chi connectivity index (χ1) is 7.43.